The summed E-state index contributed by atoms with van der Waals surface area (Å²) in [7, 11) is 0. The molecule has 2 atom stereocenters. The van der Waals surface area contributed by atoms with Crippen LogP contribution >= 0.6 is 0 Å². The lowest BCUT2D eigenvalue weighted by atomic mass is 9.96. The number of aromatic nitrogens is 3. The van der Waals surface area contributed by atoms with E-state index >= 15 is 0 Å². The summed E-state index contributed by atoms with van der Waals surface area (Å²) in [6.45, 7) is 5.65. The van der Waals surface area contributed by atoms with Crippen LogP contribution in [0, 0.1) is 13.8 Å². The van der Waals surface area contributed by atoms with E-state index in [2.05, 4.69) is 34.5 Å². The molecule has 114 valence electrons. The van der Waals surface area contributed by atoms with Gasteiger partial charge in [-0.05, 0) is 32.4 Å². The van der Waals surface area contributed by atoms with Crippen molar-refractivity contribution in [1.82, 2.24) is 20.1 Å². The minimum Gasteiger partial charge on any atom is -0.350 e. The van der Waals surface area contributed by atoms with Crippen LogP contribution in [0.3, 0.4) is 0 Å². The molecule has 0 spiro atoms. The van der Waals surface area contributed by atoms with Crippen LogP contribution in [-0.2, 0) is 4.79 Å². The van der Waals surface area contributed by atoms with Gasteiger partial charge >= 0.3 is 0 Å². The second kappa shape index (κ2) is 5.75. The van der Waals surface area contributed by atoms with E-state index in [-0.39, 0.29) is 17.9 Å². The summed E-state index contributed by atoms with van der Waals surface area (Å²) in [5, 5.41) is 7.60. The van der Waals surface area contributed by atoms with Crippen molar-refractivity contribution in [3.05, 3.63) is 53.5 Å². The van der Waals surface area contributed by atoms with E-state index in [9.17, 15) is 4.79 Å². The lowest BCUT2D eigenvalue weighted by Crippen LogP contribution is -2.30. The fourth-order valence-corrected chi connectivity index (χ4v) is 3.17. The summed E-state index contributed by atoms with van der Waals surface area (Å²) in [4.78, 5) is 15.6. The standard InChI is InChI=1S/C17H20N4O/c1-11-17(14-7-8-15(10-14)19-13(3)22)12(2)21(20-11)16-6-4-5-9-18-16/h4-9,14-15H,10H2,1-3H3,(H,19,22). The number of amides is 1. The van der Waals surface area contributed by atoms with Gasteiger partial charge in [-0.25, -0.2) is 9.67 Å². The molecule has 2 aromatic rings. The van der Waals surface area contributed by atoms with Crippen molar-refractivity contribution < 1.29 is 4.79 Å². The Bertz CT molecular complexity index is 718. The van der Waals surface area contributed by atoms with Gasteiger partial charge in [0.1, 0.15) is 0 Å². The normalized spacial score (nSPS) is 20.3. The molecular formula is C17H20N4O. The molecule has 0 fully saturated rings. The number of hydrogen-bond donors (Lipinski definition) is 1. The highest BCUT2D eigenvalue weighted by atomic mass is 16.1. The molecule has 1 N–H and O–H groups in total. The molecule has 0 aromatic carbocycles. The zero-order valence-electron chi connectivity index (χ0n) is 13.1. The van der Waals surface area contributed by atoms with Crippen LogP contribution in [0.1, 0.15) is 36.2 Å². The van der Waals surface area contributed by atoms with Crippen molar-refractivity contribution in [2.75, 3.05) is 0 Å². The Morgan fingerprint density at radius 2 is 2.14 bits per heavy atom. The molecule has 0 saturated carbocycles. The van der Waals surface area contributed by atoms with Gasteiger partial charge in [-0.1, -0.05) is 18.2 Å². The van der Waals surface area contributed by atoms with Crippen LogP contribution in [-0.4, -0.2) is 26.7 Å². The summed E-state index contributed by atoms with van der Waals surface area (Å²) >= 11 is 0. The minimum absolute atomic E-state index is 0.00734. The summed E-state index contributed by atoms with van der Waals surface area (Å²) in [6.07, 6.45) is 6.90. The molecule has 3 rings (SSSR count). The average molecular weight is 296 g/mol. The minimum atomic E-state index is 0.00734. The predicted molar refractivity (Wildman–Crippen MR) is 84.9 cm³/mol. The Morgan fingerprint density at radius 3 is 2.82 bits per heavy atom. The van der Waals surface area contributed by atoms with E-state index in [1.54, 1.807) is 13.1 Å². The van der Waals surface area contributed by atoms with Gasteiger partial charge in [0.15, 0.2) is 5.82 Å². The number of aryl methyl sites for hydroxylation is 1. The van der Waals surface area contributed by atoms with Gasteiger partial charge in [0.05, 0.1) is 5.69 Å². The molecule has 1 aliphatic carbocycles. The van der Waals surface area contributed by atoms with E-state index in [4.69, 9.17) is 0 Å². The zero-order valence-corrected chi connectivity index (χ0v) is 13.1. The number of pyridine rings is 1. The summed E-state index contributed by atoms with van der Waals surface area (Å²) in [5.41, 5.74) is 3.35. The number of carbonyl (C=O) groups is 1. The Balaban J connectivity index is 1.89. The van der Waals surface area contributed by atoms with Crippen molar-refractivity contribution in [3.63, 3.8) is 0 Å². The van der Waals surface area contributed by atoms with Crippen LogP contribution in [0.4, 0.5) is 0 Å². The molecule has 1 amide bonds. The fraction of sp³-hybridized carbons (Fsp3) is 0.353. The Kier molecular flexibility index (Phi) is 3.79. The molecule has 2 heterocycles. The molecule has 1 aliphatic rings. The highest BCUT2D eigenvalue weighted by Gasteiger charge is 2.26. The molecule has 0 bridgehead atoms. The number of carbonyl (C=O) groups excluding carboxylic acids is 1. The van der Waals surface area contributed by atoms with Gasteiger partial charge in [0.2, 0.25) is 5.91 Å². The van der Waals surface area contributed by atoms with Gasteiger partial charge in [-0.15, -0.1) is 0 Å². The van der Waals surface area contributed by atoms with Crippen LogP contribution in [0.5, 0.6) is 0 Å². The van der Waals surface area contributed by atoms with Crippen molar-refractivity contribution in [1.29, 1.82) is 0 Å². The smallest absolute Gasteiger partial charge is 0.217 e. The second-order valence-electron chi connectivity index (χ2n) is 5.72. The molecule has 2 unspecified atom stereocenters. The SMILES string of the molecule is CC(=O)NC1C=CC(c2c(C)nn(-c3ccccn3)c2C)C1. The molecule has 22 heavy (non-hydrogen) atoms. The number of nitrogens with one attached hydrogen (secondary N) is 1. The Labute approximate surface area is 130 Å². The highest BCUT2D eigenvalue weighted by molar-refractivity contribution is 5.73. The maximum atomic E-state index is 11.2. The van der Waals surface area contributed by atoms with Crippen LogP contribution in [0.15, 0.2) is 36.5 Å². The lowest BCUT2D eigenvalue weighted by molar-refractivity contribution is -0.119. The fourth-order valence-electron chi connectivity index (χ4n) is 3.17. The van der Waals surface area contributed by atoms with E-state index in [0.717, 1.165) is 23.6 Å². The number of nitrogens with zero attached hydrogens (tertiary/aromatic N) is 3. The van der Waals surface area contributed by atoms with Gasteiger partial charge in [-0.2, -0.15) is 5.10 Å². The van der Waals surface area contributed by atoms with E-state index < -0.39 is 0 Å². The van der Waals surface area contributed by atoms with Crippen molar-refractivity contribution in [2.24, 2.45) is 0 Å². The van der Waals surface area contributed by atoms with E-state index in [0.29, 0.717) is 0 Å². The van der Waals surface area contributed by atoms with E-state index in [1.807, 2.05) is 29.8 Å². The first-order chi connectivity index (χ1) is 10.6. The van der Waals surface area contributed by atoms with Crippen LogP contribution in [0.2, 0.25) is 0 Å². The third-order valence-corrected chi connectivity index (χ3v) is 4.06. The molecular weight excluding hydrogens is 276 g/mol. The maximum Gasteiger partial charge on any atom is 0.217 e. The average Bonchev–Trinajstić information content (AvgIpc) is 3.04. The number of rotatable bonds is 3. The van der Waals surface area contributed by atoms with Crippen molar-refractivity contribution >= 4 is 5.91 Å². The van der Waals surface area contributed by atoms with Crippen molar-refractivity contribution in [2.45, 2.75) is 39.2 Å². The molecule has 0 aliphatic heterocycles. The molecule has 0 saturated heterocycles. The Hall–Kier alpha value is -2.43. The summed E-state index contributed by atoms with van der Waals surface area (Å²) in [6, 6.07) is 5.92. The van der Waals surface area contributed by atoms with Crippen LogP contribution < -0.4 is 5.32 Å². The van der Waals surface area contributed by atoms with Gasteiger partial charge in [-0.3, -0.25) is 4.79 Å². The monoisotopic (exact) mass is 296 g/mol. The first-order valence-corrected chi connectivity index (χ1v) is 7.49. The Morgan fingerprint density at radius 1 is 1.32 bits per heavy atom. The zero-order chi connectivity index (χ0) is 15.7. The third kappa shape index (κ3) is 2.66. The predicted octanol–water partition coefficient (Wildman–Crippen LogP) is 2.43. The van der Waals surface area contributed by atoms with Crippen LogP contribution in [0.25, 0.3) is 5.82 Å². The van der Waals surface area contributed by atoms with Gasteiger partial charge < -0.3 is 5.32 Å². The van der Waals surface area contributed by atoms with E-state index in [1.165, 1.54) is 5.56 Å². The summed E-state index contributed by atoms with van der Waals surface area (Å²) < 4.78 is 1.89. The van der Waals surface area contributed by atoms with Crippen molar-refractivity contribution in [3.8, 4) is 5.82 Å². The second-order valence-corrected chi connectivity index (χ2v) is 5.72. The largest absolute Gasteiger partial charge is 0.350 e. The number of allylic oxidation sites excluding steroid dienone is 1. The molecule has 5 nitrogen and oxygen atoms in total. The molecule has 5 heteroatoms. The molecule has 2 aromatic heterocycles. The molecule has 0 radical (unpaired) electrons. The highest BCUT2D eigenvalue weighted by Crippen LogP contribution is 2.33. The maximum absolute atomic E-state index is 11.2. The number of hydrogen-bond acceptors (Lipinski definition) is 3. The quantitative estimate of drug-likeness (QED) is 0.885. The third-order valence-electron chi connectivity index (χ3n) is 4.06. The van der Waals surface area contributed by atoms with Gasteiger partial charge in [0, 0.05) is 36.3 Å². The summed E-state index contributed by atoms with van der Waals surface area (Å²) in [5.74, 6) is 1.12. The topological polar surface area (TPSA) is 59.8 Å². The van der Waals surface area contributed by atoms with Gasteiger partial charge in [0.25, 0.3) is 0 Å². The first-order valence-electron chi connectivity index (χ1n) is 7.49. The first kappa shape index (κ1) is 14.5. The lowest BCUT2D eigenvalue weighted by Gasteiger charge is -2.13.